The lowest BCUT2D eigenvalue weighted by Crippen LogP contribution is -1.96. The Morgan fingerprint density at radius 1 is 1.00 bits per heavy atom. The smallest absolute Gasteiger partial charge is 0.201 e. The minimum Gasteiger partial charge on any atom is -0.462 e. The van der Waals surface area contributed by atoms with E-state index < -0.39 is 11.6 Å². The molecule has 0 bridgehead atoms. The first-order valence-electron chi connectivity index (χ1n) is 7.01. The average molecular weight is 304 g/mol. The second-order valence-electron chi connectivity index (χ2n) is 4.77. The third-order valence-electron chi connectivity index (χ3n) is 3.24. The molecule has 0 aliphatic rings. The zero-order chi connectivity index (χ0) is 15.9. The third kappa shape index (κ3) is 3.71. The highest BCUT2D eigenvalue weighted by molar-refractivity contribution is 5.65. The fourth-order valence-electron chi connectivity index (χ4n) is 2.06. The summed E-state index contributed by atoms with van der Waals surface area (Å²) >= 11 is 0. The van der Waals surface area contributed by atoms with Gasteiger partial charge in [0.25, 0.3) is 0 Å². The molecule has 0 saturated carbocycles. The van der Waals surface area contributed by atoms with Gasteiger partial charge >= 0.3 is 0 Å². The molecule has 22 heavy (non-hydrogen) atoms. The molecule has 0 aromatic heterocycles. The van der Waals surface area contributed by atoms with Crippen molar-refractivity contribution in [2.24, 2.45) is 0 Å². The molecule has 0 fully saturated rings. The molecule has 2 aromatic rings. The highest BCUT2D eigenvalue weighted by atomic mass is 19.2. The molecule has 0 amide bonds. The Kier molecular flexibility index (Phi) is 5.67. The third-order valence-corrected chi connectivity index (χ3v) is 3.24. The van der Waals surface area contributed by atoms with Gasteiger partial charge in [-0.3, -0.25) is 0 Å². The van der Waals surface area contributed by atoms with Gasteiger partial charge in [0.05, 0.1) is 12.9 Å². The van der Waals surface area contributed by atoms with Gasteiger partial charge in [-0.2, -0.15) is 4.39 Å². The van der Waals surface area contributed by atoms with Gasteiger partial charge in [-0.05, 0) is 36.6 Å². The first-order chi connectivity index (χ1) is 10.7. The lowest BCUT2D eigenvalue weighted by Gasteiger charge is -2.09. The van der Waals surface area contributed by atoms with Gasteiger partial charge in [-0.15, -0.1) is 0 Å². The highest BCUT2D eigenvalue weighted by Crippen LogP contribution is 2.30. The predicted molar refractivity (Wildman–Crippen MR) is 82.8 cm³/mol. The summed E-state index contributed by atoms with van der Waals surface area (Å²) in [5.74, 6) is -2.03. The van der Waals surface area contributed by atoms with Crippen molar-refractivity contribution in [2.45, 2.75) is 13.3 Å². The predicted octanol–water partition coefficient (Wildman–Crippen LogP) is 4.73. The molecule has 0 atom stereocenters. The standard InChI is InChI=1S/C18H18F2O2/c1-3-11-22-16-9-8-15(17(19)18(16)20)14-6-4-13(5-7-14)10-12-21-2/h3-9,11H,10,12H2,1-2H3/b11-3+. The lowest BCUT2D eigenvalue weighted by atomic mass is 10.0. The quantitative estimate of drug-likeness (QED) is 0.718. The Hall–Kier alpha value is -2.20. The fourth-order valence-corrected chi connectivity index (χ4v) is 2.06. The Balaban J connectivity index is 2.27. The summed E-state index contributed by atoms with van der Waals surface area (Å²) in [7, 11) is 1.64. The normalized spacial score (nSPS) is 11.1. The van der Waals surface area contributed by atoms with Crippen LogP contribution in [0.15, 0.2) is 48.7 Å². The molecule has 0 spiro atoms. The number of hydrogen-bond acceptors (Lipinski definition) is 2. The molecule has 0 aliphatic heterocycles. The molecule has 0 unspecified atom stereocenters. The Labute approximate surface area is 129 Å². The van der Waals surface area contributed by atoms with E-state index in [0.717, 1.165) is 12.0 Å². The van der Waals surface area contributed by atoms with E-state index in [2.05, 4.69) is 0 Å². The maximum atomic E-state index is 14.2. The van der Waals surface area contributed by atoms with E-state index in [1.807, 2.05) is 12.1 Å². The summed E-state index contributed by atoms with van der Waals surface area (Å²) in [6.45, 7) is 2.35. The van der Waals surface area contributed by atoms with Gasteiger partial charge in [0, 0.05) is 12.7 Å². The van der Waals surface area contributed by atoms with Crippen molar-refractivity contribution in [1.29, 1.82) is 0 Å². The van der Waals surface area contributed by atoms with E-state index in [1.54, 1.807) is 32.2 Å². The Morgan fingerprint density at radius 2 is 1.73 bits per heavy atom. The first kappa shape index (κ1) is 16.2. The molecule has 2 aromatic carbocycles. The molecule has 116 valence electrons. The van der Waals surface area contributed by atoms with E-state index in [1.165, 1.54) is 18.4 Å². The summed E-state index contributed by atoms with van der Waals surface area (Å²) in [4.78, 5) is 0. The van der Waals surface area contributed by atoms with Crippen LogP contribution in [0.2, 0.25) is 0 Å². The number of rotatable bonds is 6. The van der Waals surface area contributed by atoms with E-state index in [0.29, 0.717) is 12.2 Å². The van der Waals surface area contributed by atoms with Crippen molar-refractivity contribution in [1.82, 2.24) is 0 Å². The van der Waals surface area contributed by atoms with Crippen molar-refractivity contribution in [3.63, 3.8) is 0 Å². The van der Waals surface area contributed by atoms with Crippen molar-refractivity contribution < 1.29 is 18.3 Å². The second kappa shape index (κ2) is 7.71. The largest absolute Gasteiger partial charge is 0.462 e. The van der Waals surface area contributed by atoms with Crippen LogP contribution in [0.5, 0.6) is 5.75 Å². The summed E-state index contributed by atoms with van der Waals surface area (Å²) in [6.07, 6.45) is 3.69. The van der Waals surface area contributed by atoms with E-state index in [-0.39, 0.29) is 11.3 Å². The van der Waals surface area contributed by atoms with Gasteiger partial charge in [-0.25, -0.2) is 4.39 Å². The molecule has 4 heteroatoms. The zero-order valence-electron chi connectivity index (χ0n) is 12.6. The number of halogens is 2. The number of methoxy groups -OCH3 is 1. The number of hydrogen-bond donors (Lipinski definition) is 0. The number of allylic oxidation sites excluding steroid dienone is 1. The average Bonchev–Trinajstić information content (AvgIpc) is 2.55. The van der Waals surface area contributed by atoms with E-state index in [9.17, 15) is 8.78 Å². The van der Waals surface area contributed by atoms with Gasteiger partial charge in [0.2, 0.25) is 5.82 Å². The van der Waals surface area contributed by atoms with Crippen LogP contribution in [0.4, 0.5) is 8.78 Å². The van der Waals surface area contributed by atoms with Crippen LogP contribution in [0, 0.1) is 11.6 Å². The lowest BCUT2D eigenvalue weighted by molar-refractivity contribution is 0.202. The van der Waals surface area contributed by atoms with Crippen LogP contribution in [0.25, 0.3) is 11.1 Å². The second-order valence-corrected chi connectivity index (χ2v) is 4.77. The first-order valence-corrected chi connectivity index (χ1v) is 7.01. The van der Waals surface area contributed by atoms with E-state index in [4.69, 9.17) is 9.47 Å². The minimum absolute atomic E-state index is 0.129. The maximum Gasteiger partial charge on any atom is 0.201 e. The fraction of sp³-hybridized carbons (Fsp3) is 0.222. The van der Waals surface area contributed by atoms with Gasteiger partial charge < -0.3 is 9.47 Å². The molecule has 0 saturated heterocycles. The summed E-state index contributed by atoms with van der Waals surface area (Å²) in [6, 6.07) is 10.3. The zero-order valence-corrected chi connectivity index (χ0v) is 12.6. The van der Waals surface area contributed by atoms with Crippen molar-refractivity contribution >= 4 is 0 Å². The van der Waals surface area contributed by atoms with Crippen molar-refractivity contribution in [2.75, 3.05) is 13.7 Å². The SMILES string of the molecule is C/C=C/Oc1ccc(-c2ccc(CCOC)cc2)c(F)c1F. The summed E-state index contributed by atoms with van der Waals surface area (Å²) < 4.78 is 38.2. The Morgan fingerprint density at radius 3 is 2.36 bits per heavy atom. The van der Waals surface area contributed by atoms with Gasteiger partial charge in [0.1, 0.15) is 0 Å². The summed E-state index contributed by atoms with van der Waals surface area (Å²) in [5, 5.41) is 0. The molecular formula is C18H18F2O2. The van der Waals surface area contributed by atoms with Gasteiger partial charge in [0.15, 0.2) is 11.6 Å². The van der Waals surface area contributed by atoms with Crippen LogP contribution in [0.1, 0.15) is 12.5 Å². The van der Waals surface area contributed by atoms with Crippen LogP contribution in [-0.2, 0) is 11.2 Å². The minimum atomic E-state index is -0.987. The molecule has 0 aliphatic carbocycles. The number of ether oxygens (including phenoxy) is 2. The van der Waals surface area contributed by atoms with Crippen molar-refractivity contribution in [3.8, 4) is 16.9 Å². The molecule has 0 heterocycles. The van der Waals surface area contributed by atoms with Crippen LogP contribution >= 0.6 is 0 Å². The van der Waals surface area contributed by atoms with Crippen molar-refractivity contribution in [3.05, 3.63) is 65.9 Å². The molecular weight excluding hydrogens is 286 g/mol. The topological polar surface area (TPSA) is 18.5 Å². The van der Waals surface area contributed by atoms with Crippen LogP contribution in [-0.4, -0.2) is 13.7 Å². The summed E-state index contributed by atoms with van der Waals surface area (Å²) in [5.41, 5.74) is 1.92. The van der Waals surface area contributed by atoms with Crippen LogP contribution < -0.4 is 4.74 Å². The molecule has 0 N–H and O–H groups in total. The van der Waals surface area contributed by atoms with Gasteiger partial charge in [-0.1, -0.05) is 30.3 Å². The molecule has 2 nitrogen and oxygen atoms in total. The molecule has 0 radical (unpaired) electrons. The maximum absolute atomic E-state index is 14.2. The monoisotopic (exact) mass is 304 g/mol. The molecule has 2 rings (SSSR count). The van der Waals surface area contributed by atoms with E-state index >= 15 is 0 Å². The number of benzene rings is 2. The highest BCUT2D eigenvalue weighted by Gasteiger charge is 2.15. The van der Waals surface area contributed by atoms with Crippen LogP contribution in [0.3, 0.4) is 0 Å². The Bertz CT molecular complexity index is 649.